The van der Waals surface area contributed by atoms with Gasteiger partial charge in [0.1, 0.15) is 0 Å². The highest BCUT2D eigenvalue weighted by molar-refractivity contribution is 6.34. The number of likely N-dealkylation sites (tertiary alicyclic amines) is 1. The van der Waals surface area contributed by atoms with Crippen molar-refractivity contribution in [1.82, 2.24) is 4.90 Å². The van der Waals surface area contributed by atoms with Crippen LogP contribution < -0.4 is 0 Å². The molecule has 1 fully saturated rings. The van der Waals surface area contributed by atoms with Gasteiger partial charge >= 0.3 is 0 Å². The van der Waals surface area contributed by atoms with Crippen LogP contribution in [0.2, 0.25) is 10.0 Å². The van der Waals surface area contributed by atoms with Gasteiger partial charge in [-0.1, -0.05) is 23.2 Å². The molecule has 0 bridgehead atoms. The highest BCUT2D eigenvalue weighted by Crippen LogP contribution is 2.35. The van der Waals surface area contributed by atoms with Crippen LogP contribution in [0, 0.1) is 0 Å². The Labute approximate surface area is 105 Å². The third-order valence-corrected chi connectivity index (χ3v) is 3.73. The van der Waals surface area contributed by atoms with Crippen LogP contribution in [0.3, 0.4) is 0 Å². The Kier molecular flexibility index (Phi) is 3.13. The molecule has 0 radical (unpaired) electrons. The molecule has 1 aliphatic rings. The van der Waals surface area contributed by atoms with E-state index in [4.69, 9.17) is 23.2 Å². The number of rotatable bonds is 1. The molecule has 0 aliphatic carbocycles. The second kappa shape index (κ2) is 4.27. The van der Waals surface area contributed by atoms with E-state index in [0.29, 0.717) is 16.5 Å². The Hall–Kier alpha value is -0.730. The molecule has 0 aromatic heterocycles. The van der Waals surface area contributed by atoms with Crippen molar-refractivity contribution in [3.8, 4) is 0 Å². The molecule has 2 nitrogen and oxygen atoms in total. The quantitative estimate of drug-likeness (QED) is 0.756. The van der Waals surface area contributed by atoms with Crippen molar-refractivity contribution >= 4 is 29.1 Å². The molecule has 86 valence electrons. The second-order valence-electron chi connectivity index (χ2n) is 4.26. The summed E-state index contributed by atoms with van der Waals surface area (Å²) in [5, 5.41) is 1.24. The molecule has 0 N–H and O–H groups in total. The molecule has 2 atom stereocenters. The molecule has 1 heterocycles. The Bertz CT molecular complexity index is 413. The molecule has 4 heteroatoms. The number of nitrogens with zero attached hydrogens (tertiary/aromatic N) is 1. The molecule has 1 aliphatic heterocycles. The van der Waals surface area contributed by atoms with Crippen molar-refractivity contribution in [2.75, 3.05) is 7.05 Å². The zero-order valence-electron chi connectivity index (χ0n) is 9.21. The van der Waals surface area contributed by atoms with Crippen molar-refractivity contribution < 1.29 is 4.79 Å². The molecule has 1 aromatic carbocycles. The third-order valence-electron chi connectivity index (χ3n) is 3.29. The van der Waals surface area contributed by atoms with Gasteiger partial charge in [-0.25, -0.2) is 0 Å². The smallest absolute Gasteiger partial charge is 0.223 e. The van der Waals surface area contributed by atoms with Crippen LogP contribution in [-0.4, -0.2) is 23.9 Å². The zero-order chi connectivity index (χ0) is 11.9. The average Bonchev–Trinajstić information content (AvgIpc) is 2.44. The molecule has 16 heavy (non-hydrogen) atoms. The minimum Gasteiger partial charge on any atom is -0.342 e. The first-order valence-corrected chi connectivity index (χ1v) is 5.96. The lowest BCUT2D eigenvalue weighted by Crippen LogP contribution is -2.27. The van der Waals surface area contributed by atoms with Crippen molar-refractivity contribution in [2.45, 2.75) is 25.3 Å². The fraction of sp³-hybridized carbons (Fsp3) is 0.417. The lowest BCUT2D eigenvalue weighted by Gasteiger charge is -2.20. The number of hydrogen-bond donors (Lipinski definition) is 0. The summed E-state index contributed by atoms with van der Waals surface area (Å²) in [5.74, 6) is 0.363. The minimum atomic E-state index is 0.175. The van der Waals surface area contributed by atoms with Gasteiger partial charge in [0, 0.05) is 35.5 Å². The topological polar surface area (TPSA) is 20.3 Å². The normalized spacial score (nSPS) is 25.2. The van der Waals surface area contributed by atoms with Crippen molar-refractivity contribution in [3.05, 3.63) is 33.8 Å². The molecule has 0 saturated carbocycles. The molecule has 2 rings (SSSR count). The van der Waals surface area contributed by atoms with Gasteiger partial charge in [-0.15, -0.1) is 0 Å². The Morgan fingerprint density at radius 3 is 2.25 bits per heavy atom. The summed E-state index contributed by atoms with van der Waals surface area (Å²) >= 11 is 11.9. The van der Waals surface area contributed by atoms with Gasteiger partial charge in [-0.05, 0) is 30.7 Å². The van der Waals surface area contributed by atoms with Crippen molar-refractivity contribution in [3.63, 3.8) is 0 Å². The maximum atomic E-state index is 11.6. The lowest BCUT2D eigenvalue weighted by molar-refractivity contribution is -0.127. The summed E-state index contributed by atoms with van der Waals surface area (Å²) < 4.78 is 0. The molecular formula is C12H13Cl2NO. The van der Waals surface area contributed by atoms with Gasteiger partial charge in [0.25, 0.3) is 0 Å². The highest BCUT2D eigenvalue weighted by Gasteiger charge is 2.35. The van der Waals surface area contributed by atoms with E-state index >= 15 is 0 Å². The van der Waals surface area contributed by atoms with Crippen LogP contribution in [0.1, 0.15) is 24.8 Å². The van der Waals surface area contributed by atoms with Gasteiger partial charge in [-0.2, -0.15) is 0 Å². The summed E-state index contributed by atoms with van der Waals surface area (Å²) in [6.07, 6.45) is 0.536. The maximum absolute atomic E-state index is 11.6. The van der Waals surface area contributed by atoms with E-state index in [1.54, 1.807) is 11.0 Å². The van der Waals surface area contributed by atoms with Crippen LogP contribution in [0.25, 0.3) is 0 Å². The monoisotopic (exact) mass is 257 g/mol. The van der Waals surface area contributed by atoms with E-state index in [0.717, 1.165) is 5.56 Å². The highest BCUT2D eigenvalue weighted by atomic mass is 35.5. The van der Waals surface area contributed by atoms with E-state index < -0.39 is 0 Å². The standard InChI is InChI=1S/C12H13Cl2NO/c1-7-11(6-12(16)15(7)2)8-3-9(13)5-10(14)4-8/h3-5,7,11H,6H2,1-2H3/t7-,11-/m0/s1. The summed E-state index contributed by atoms with van der Waals surface area (Å²) in [4.78, 5) is 13.4. The van der Waals surface area contributed by atoms with Crippen LogP contribution >= 0.6 is 23.2 Å². The molecule has 0 unspecified atom stereocenters. The van der Waals surface area contributed by atoms with E-state index in [9.17, 15) is 4.79 Å². The fourth-order valence-corrected chi connectivity index (χ4v) is 2.73. The largest absolute Gasteiger partial charge is 0.342 e. The van der Waals surface area contributed by atoms with E-state index in [2.05, 4.69) is 0 Å². The summed E-state index contributed by atoms with van der Waals surface area (Å²) in [5.41, 5.74) is 1.04. The number of benzene rings is 1. The van der Waals surface area contributed by atoms with Gasteiger partial charge in [0.05, 0.1) is 0 Å². The SMILES string of the molecule is C[C@H]1[C@@H](c2cc(Cl)cc(Cl)c2)CC(=O)N1C. The third kappa shape index (κ3) is 2.04. The number of carbonyl (C=O) groups is 1. The van der Waals surface area contributed by atoms with Gasteiger partial charge < -0.3 is 4.90 Å². The van der Waals surface area contributed by atoms with Crippen LogP contribution in [0.15, 0.2) is 18.2 Å². The molecular weight excluding hydrogens is 245 g/mol. The summed E-state index contributed by atoms with van der Waals surface area (Å²) in [6.45, 7) is 2.05. The molecule has 1 saturated heterocycles. The van der Waals surface area contributed by atoms with Crippen LogP contribution in [0.4, 0.5) is 0 Å². The first-order chi connectivity index (χ1) is 7.49. The number of likely N-dealkylation sites (N-methyl/N-ethyl adjacent to an activating group) is 1. The minimum absolute atomic E-state index is 0.175. The summed E-state index contributed by atoms with van der Waals surface area (Å²) in [6, 6.07) is 5.68. The van der Waals surface area contributed by atoms with Crippen molar-refractivity contribution in [2.24, 2.45) is 0 Å². The zero-order valence-corrected chi connectivity index (χ0v) is 10.7. The Balaban J connectivity index is 2.35. The van der Waals surface area contributed by atoms with Crippen molar-refractivity contribution in [1.29, 1.82) is 0 Å². The Morgan fingerprint density at radius 2 is 1.81 bits per heavy atom. The predicted octanol–water partition coefficient (Wildman–Crippen LogP) is 3.33. The Morgan fingerprint density at radius 1 is 1.25 bits per heavy atom. The molecule has 1 aromatic rings. The van der Waals surface area contributed by atoms with E-state index in [1.807, 2.05) is 26.1 Å². The average molecular weight is 258 g/mol. The number of amides is 1. The number of halogens is 2. The fourth-order valence-electron chi connectivity index (χ4n) is 2.19. The van der Waals surface area contributed by atoms with Crippen LogP contribution in [0.5, 0.6) is 0 Å². The van der Waals surface area contributed by atoms with Gasteiger partial charge in [0.15, 0.2) is 0 Å². The molecule has 0 spiro atoms. The summed E-state index contributed by atoms with van der Waals surface area (Å²) in [7, 11) is 1.83. The predicted molar refractivity (Wildman–Crippen MR) is 66.1 cm³/mol. The van der Waals surface area contributed by atoms with Crippen LogP contribution in [-0.2, 0) is 4.79 Å². The first-order valence-electron chi connectivity index (χ1n) is 5.20. The number of carbonyl (C=O) groups excluding carboxylic acids is 1. The number of hydrogen-bond acceptors (Lipinski definition) is 1. The van der Waals surface area contributed by atoms with Gasteiger partial charge in [-0.3, -0.25) is 4.79 Å². The van der Waals surface area contributed by atoms with E-state index in [1.165, 1.54) is 0 Å². The van der Waals surface area contributed by atoms with E-state index in [-0.39, 0.29) is 17.9 Å². The lowest BCUT2D eigenvalue weighted by atomic mass is 9.93. The maximum Gasteiger partial charge on any atom is 0.223 e. The second-order valence-corrected chi connectivity index (χ2v) is 5.13. The van der Waals surface area contributed by atoms with Gasteiger partial charge in [0.2, 0.25) is 5.91 Å². The first kappa shape index (κ1) is 11.7. The molecule has 1 amide bonds.